The molecule has 1 aromatic carbocycles. The average Bonchev–Trinajstić information content (AvgIpc) is 2.53. The highest BCUT2D eigenvalue weighted by molar-refractivity contribution is 5.78. The maximum Gasteiger partial charge on any atom is 0.317 e. The molecule has 1 aliphatic heterocycles. The number of benzene rings is 1. The molecule has 1 heterocycles. The minimum absolute atomic E-state index is 0.0972. The normalized spacial score (nSPS) is 15.6. The van der Waals surface area contributed by atoms with Crippen LogP contribution in [0.25, 0.3) is 0 Å². The lowest BCUT2D eigenvalue weighted by molar-refractivity contribution is -0.123. The van der Waals surface area contributed by atoms with E-state index >= 15 is 0 Å². The summed E-state index contributed by atoms with van der Waals surface area (Å²) in [4.78, 5) is 25.0. The molecular weight excluding hydrogens is 282 g/mol. The number of likely N-dealkylation sites (tertiary alicyclic amines) is 1. The van der Waals surface area contributed by atoms with Crippen molar-refractivity contribution < 1.29 is 14.3 Å². The first kappa shape index (κ1) is 16.3. The second-order valence-corrected chi connectivity index (χ2v) is 5.58. The lowest BCUT2D eigenvalue weighted by Crippen LogP contribution is -2.46. The molecule has 1 aromatic rings. The van der Waals surface area contributed by atoms with Crippen LogP contribution in [-0.2, 0) is 22.7 Å². The fourth-order valence-corrected chi connectivity index (χ4v) is 2.65. The van der Waals surface area contributed by atoms with Crippen molar-refractivity contribution in [3.8, 4) is 0 Å². The molecule has 6 nitrogen and oxygen atoms in total. The summed E-state index contributed by atoms with van der Waals surface area (Å²) in [6.45, 7) is 2.18. The second-order valence-electron chi connectivity index (χ2n) is 5.58. The molecule has 2 rings (SSSR count). The average molecular weight is 305 g/mol. The number of carbonyl (C=O) groups is 2. The Morgan fingerprint density at radius 2 is 2.00 bits per heavy atom. The Morgan fingerprint density at radius 1 is 1.32 bits per heavy atom. The van der Waals surface area contributed by atoms with Crippen LogP contribution >= 0.6 is 0 Å². The van der Waals surface area contributed by atoms with E-state index in [0.29, 0.717) is 39.1 Å². The Balaban J connectivity index is 1.80. The highest BCUT2D eigenvalue weighted by Gasteiger charge is 2.25. The van der Waals surface area contributed by atoms with Gasteiger partial charge in [0, 0.05) is 32.7 Å². The molecule has 1 aliphatic rings. The van der Waals surface area contributed by atoms with Crippen molar-refractivity contribution in [3.05, 3.63) is 35.4 Å². The fourth-order valence-electron chi connectivity index (χ4n) is 2.65. The maximum absolute atomic E-state index is 12.1. The van der Waals surface area contributed by atoms with Gasteiger partial charge >= 0.3 is 6.03 Å². The maximum atomic E-state index is 12.1. The lowest BCUT2D eigenvalue weighted by atomic mass is 9.96. The van der Waals surface area contributed by atoms with Gasteiger partial charge in [0.25, 0.3) is 0 Å². The van der Waals surface area contributed by atoms with Gasteiger partial charge in [-0.2, -0.15) is 0 Å². The lowest BCUT2D eigenvalue weighted by Gasteiger charge is -2.30. The van der Waals surface area contributed by atoms with Gasteiger partial charge in [0.15, 0.2) is 0 Å². The highest BCUT2D eigenvalue weighted by Crippen LogP contribution is 2.16. The molecular formula is C16H23N3O3. The van der Waals surface area contributed by atoms with Gasteiger partial charge in [-0.05, 0) is 24.0 Å². The van der Waals surface area contributed by atoms with Crippen LogP contribution < -0.4 is 11.1 Å². The Hall–Kier alpha value is -2.08. The predicted molar refractivity (Wildman–Crippen MR) is 82.9 cm³/mol. The van der Waals surface area contributed by atoms with Crippen LogP contribution in [0.5, 0.6) is 0 Å². The van der Waals surface area contributed by atoms with Crippen LogP contribution in [0.15, 0.2) is 24.3 Å². The second kappa shape index (κ2) is 7.79. The number of amides is 3. The highest BCUT2D eigenvalue weighted by atomic mass is 16.5. The topological polar surface area (TPSA) is 84.7 Å². The molecule has 3 amide bonds. The van der Waals surface area contributed by atoms with E-state index in [2.05, 4.69) is 5.32 Å². The Morgan fingerprint density at radius 3 is 2.64 bits per heavy atom. The smallest absolute Gasteiger partial charge is 0.317 e. The van der Waals surface area contributed by atoms with Crippen molar-refractivity contribution in [2.75, 3.05) is 20.2 Å². The SMILES string of the molecule is COCc1cccc(CNC(=O)N2CCC(C(N)=O)CC2)c1. The number of primary amides is 1. The molecule has 0 spiro atoms. The number of ether oxygens (including phenoxy) is 1. The summed E-state index contributed by atoms with van der Waals surface area (Å²) in [7, 11) is 1.66. The summed E-state index contributed by atoms with van der Waals surface area (Å²) in [5.74, 6) is -0.371. The van der Waals surface area contributed by atoms with E-state index in [0.717, 1.165) is 11.1 Å². The minimum Gasteiger partial charge on any atom is -0.380 e. The fraction of sp³-hybridized carbons (Fsp3) is 0.500. The largest absolute Gasteiger partial charge is 0.380 e. The number of methoxy groups -OCH3 is 1. The number of nitrogens with one attached hydrogen (secondary N) is 1. The number of nitrogens with two attached hydrogens (primary N) is 1. The van der Waals surface area contributed by atoms with Crippen molar-refractivity contribution in [3.63, 3.8) is 0 Å². The zero-order chi connectivity index (χ0) is 15.9. The molecule has 0 aromatic heterocycles. The van der Waals surface area contributed by atoms with Gasteiger partial charge in [0.05, 0.1) is 6.61 Å². The summed E-state index contributed by atoms with van der Waals surface area (Å²) in [5, 5.41) is 2.91. The van der Waals surface area contributed by atoms with Crippen LogP contribution in [0.1, 0.15) is 24.0 Å². The first-order chi connectivity index (χ1) is 10.6. The van der Waals surface area contributed by atoms with Crippen LogP contribution in [-0.4, -0.2) is 37.0 Å². The number of nitrogens with zero attached hydrogens (tertiary/aromatic N) is 1. The third-order valence-corrected chi connectivity index (χ3v) is 3.93. The molecule has 0 atom stereocenters. The number of carbonyl (C=O) groups excluding carboxylic acids is 2. The number of hydrogen-bond acceptors (Lipinski definition) is 3. The van der Waals surface area contributed by atoms with Gasteiger partial charge in [-0.1, -0.05) is 24.3 Å². The van der Waals surface area contributed by atoms with Gasteiger partial charge < -0.3 is 20.7 Å². The molecule has 120 valence electrons. The third kappa shape index (κ3) is 4.46. The Bertz CT molecular complexity index is 525. The van der Waals surface area contributed by atoms with Crippen LogP contribution in [0.4, 0.5) is 4.79 Å². The predicted octanol–water partition coefficient (Wildman–Crippen LogP) is 1.24. The molecule has 3 N–H and O–H groups in total. The number of piperidine rings is 1. The van der Waals surface area contributed by atoms with Crippen molar-refractivity contribution in [1.82, 2.24) is 10.2 Å². The monoisotopic (exact) mass is 305 g/mol. The molecule has 0 saturated carbocycles. The van der Waals surface area contributed by atoms with Crippen LogP contribution in [0.2, 0.25) is 0 Å². The summed E-state index contributed by atoms with van der Waals surface area (Å²) >= 11 is 0. The summed E-state index contributed by atoms with van der Waals surface area (Å²) in [6.07, 6.45) is 1.29. The van der Waals surface area contributed by atoms with Crippen molar-refractivity contribution in [1.29, 1.82) is 0 Å². The van der Waals surface area contributed by atoms with Gasteiger partial charge in [-0.15, -0.1) is 0 Å². The molecule has 6 heteroatoms. The Kier molecular flexibility index (Phi) is 5.77. The van der Waals surface area contributed by atoms with E-state index in [1.807, 2.05) is 24.3 Å². The van der Waals surface area contributed by atoms with E-state index in [1.165, 1.54) is 0 Å². The molecule has 1 fully saturated rings. The van der Waals surface area contributed by atoms with E-state index in [-0.39, 0.29) is 17.9 Å². The molecule has 1 saturated heterocycles. The third-order valence-electron chi connectivity index (χ3n) is 3.93. The van der Waals surface area contributed by atoms with Crippen LogP contribution in [0.3, 0.4) is 0 Å². The summed E-state index contributed by atoms with van der Waals surface area (Å²) < 4.78 is 5.10. The summed E-state index contributed by atoms with van der Waals surface area (Å²) in [5.41, 5.74) is 7.41. The molecule has 0 bridgehead atoms. The van der Waals surface area contributed by atoms with E-state index < -0.39 is 0 Å². The molecule has 0 aliphatic carbocycles. The molecule has 22 heavy (non-hydrogen) atoms. The number of hydrogen-bond donors (Lipinski definition) is 2. The van der Waals surface area contributed by atoms with Crippen molar-refractivity contribution >= 4 is 11.9 Å². The van der Waals surface area contributed by atoms with E-state index in [9.17, 15) is 9.59 Å². The van der Waals surface area contributed by atoms with Crippen molar-refractivity contribution in [2.24, 2.45) is 11.7 Å². The van der Waals surface area contributed by atoms with E-state index in [1.54, 1.807) is 12.0 Å². The van der Waals surface area contributed by atoms with Gasteiger partial charge in [-0.25, -0.2) is 4.79 Å². The van der Waals surface area contributed by atoms with Crippen LogP contribution in [0, 0.1) is 5.92 Å². The quantitative estimate of drug-likeness (QED) is 0.858. The first-order valence-electron chi connectivity index (χ1n) is 7.49. The molecule has 0 unspecified atom stereocenters. The standard InChI is InChI=1S/C16H23N3O3/c1-22-11-13-4-2-3-12(9-13)10-18-16(21)19-7-5-14(6-8-19)15(17)20/h2-4,9,14H,5-8,10-11H2,1H3,(H2,17,20)(H,18,21). The van der Waals surface area contributed by atoms with Gasteiger partial charge in [0.1, 0.15) is 0 Å². The number of rotatable bonds is 5. The summed E-state index contributed by atoms with van der Waals surface area (Å²) in [6, 6.07) is 7.83. The minimum atomic E-state index is -0.269. The zero-order valence-electron chi connectivity index (χ0n) is 12.9. The Labute approximate surface area is 130 Å². The first-order valence-corrected chi connectivity index (χ1v) is 7.49. The van der Waals surface area contributed by atoms with Crippen molar-refractivity contribution in [2.45, 2.75) is 26.0 Å². The van der Waals surface area contributed by atoms with E-state index in [4.69, 9.17) is 10.5 Å². The molecule has 0 radical (unpaired) electrons. The van der Waals surface area contributed by atoms with Gasteiger partial charge in [0.2, 0.25) is 5.91 Å². The number of urea groups is 1. The van der Waals surface area contributed by atoms with Gasteiger partial charge in [-0.3, -0.25) is 4.79 Å². The zero-order valence-corrected chi connectivity index (χ0v) is 12.9.